The van der Waals surface area contributed by atoms with Gasteiger partial charge >= 0.3 is 0 Å². The molecular formula is C17H23N3O. The van der Waals surface area contributed by atoms with Gasteiger partial charge < -0.3 is 9.67 Å². The SMILES string of the molecule is Cc1cn(CC2(O)CCCN(Cc3ccccc3)C2)cn1. The number of likely N-dealkylation sites (tertiary alicyclic amines) is 1. The van der Waals surface area contributed by atoms with E-state index in [9.17, 15) is 5.11 Å². The second-order valence-electron chi connectivity index (χ2n) is 6.21. The molecule has 1 atom stereocenters. The summed E-state index contributed by atoms with van der Waals surface area (Å²) in [5.41, 5.74) is 1.65. The Bertz CT molecular complexity index is 581. The molecule has 0 amide bonds. The summed E-state index contributed by atoms with van der Waals surface area (Å²) in [6.07, 6.45) is 5.70. The van der Waals surface area contributed by atoms with Crippen molar-refractivity contribution in [3.8, 4) is 0 Å². The molecule has 1 aliphatic heterocycles. The van der Waals surface area contributed by atoms with E-state index in [0.29, 0.717) is 6.54 Å². The number of aromatic nitrogens is 2. The van der Waals surface area contributed by atoms with Gasteiger partial charge in [-0.3, -0.25) is 4.90 Å². The largest absolute Gasteiger partial charge is 0.387 e. The van der Waals surface area contributed by atoms with Gasteiger partial charge in [0.2, 0.25) is 0 Å². The van der Waals surface area contributed by atoms with Crippen LogP contribution in [0.15, 0.2) is 42.9 Å². The van der Waals surface area contributed by atoms with Crippen LogP contribution in [-0.4, -0.2) is 38.2 Å². The highest BCUT2D eigenvalue weighted by Gasteiger charge is 2.33. The van der Waals surface area contributed by atoms with E-state index >= 15 is 0 Å². The Balaban J connectivity index is 1.64. The molecule has 0 saturated carbocycles. The molecule has 3 rings (SSSR count). The Kier molecular flexibility index (Phi) is 4.08. The standard InChI is InChI=1S/C17H23N3O/c1-15-10-20(14-18-15)13-17(21)8-5-9-19(12-17)11-16-6-3-2-4-7-16/h2-4,6-7,10,14,21H,5,8-9,11-13H2,1H3. The summed E-state index contributed by atoms with van der Waals surface area (Å²) in [6.45, 7) is 5.29. The predicted molar refractivity (Wildman–Crippen MR) is 82.9 cm³/mol. The quantitative estimate of drug-likeness (QED) is 0.936. The van der Waals surface area contributed by atoms with Crippen LogP contribution in [0.4, 0.5) is 0 Å². The maximum atomic E-state index is 10.9. The zero-order valence-electron chi connectivity index (χ0n) is 12.6. The molecule has 1 unspecified atom stereocenters. The van der Waals surface area contributed by atoms with Crippen LogP contribution in [0.25, 0.3) is 0 Å². The van der Waals surface area contributed by atoms with Crippen molar-refractivity contribution in [2.75, 3.05) is 13.1 Å². The van der Waals surface area contributed by atoms with Crippen molar-refractivity contribution in [2.45, 2.75) is 38.5 Å². The molecule has 21 heavy (non-hydrogen) atoms. The molecular weight excluding hydrogens is 262 g/mol. The molecule has 1 aromatic heterocycles. The molecule has 1 saturated heterocycles. The number of piperidine rings is 1. The molecule has 1 aliphatic rings. The van der Waals surface area contributed by atoms with Crippen LogP contribution in [0.5, 0.6) is 0 Å². The molecule has 1 aromatic carbocycles. The first kappa shape index (κ1) is 14.3. The Morgan fingerprint density at radius 3 is 2.81 bits per heavy atom. The van der Waals surface area contributed by atoms with Gasteiger partial charge in [-0.25, -0.2) is 4.98 Å². The lowest BCUT2D eigenvalue weighted by molar-refractivity contribution is -0.0454. The van der Waals surface area contributed by atoms with Gasteiger partial charge in [0.15, 0.2) is 0 Å². The summed E-state index contributed by atoms with van der Waals surface area (Å²) in [6, 6.07) is 10.5. The van der Waals surface area contributed by atoms with E-state index < -0.39 is 5.60 Å². The molecule has 112 valence electrons. The van der Waals surface area contributed by atoms with E-state index in [-0.39, 0.29) is 0 Å². The first-order chi connectivity index (χ1) is 10.1. The number of hydrogen-bond acceptors (Lipinski definition) is 3. The molecule has 0 radical (unpaired) electrons. The Morgan fingerprint density at radius 2 is 2.10 bits per heavy atom. The summed E-state index contributed by atoms with van der Waals surface area (Å²) < 4.78 is 2.00. The van der Waals surface area contributed by atoms with E-state index in [1.807, 2.05) is 30.1 Å². The molecule has 1 fully saturated rings. The van der Waals surface area contributed by atoms with E-state index in [2.05, 4.69) is 34.1 Å². The minimum Gasteiger partial charge on any atom is -0.387 e. The lowest BCUT2D eigenvalue weighted by atomic mass is 9.92. The van der Waals surface area contributed by atoms with Gasteiger partial charge in [-0.15, -0.1) is 0 Å². The van der Waals surface area contributed by atoms with E-state index in [1.165, 1.54) is 5.56 Å². The predicted octanol–water partition coefficient (Wildman–Crippen LogP) is 2.22. The van der Waals surface area contributed by atoms with Gasteiger partial charge in [0.1, 0.15) is 0 Å². The highest BCUT2D eigenvalue weighted by Crippen LogP contribution is 2.24. The molecule has 2 heterocycles. The minimum absolute atomic E-state index is 0.624. The van der Waals surface area contributed by atoms with Crippen LogP contribution in [0, 0.1) is 6.92 Å². The smallest absolute Gasteiger partial charge is 0.0952 e. The summed E-state index contributed by atoms with van der Waals surface area (Å²) in [5, 5.41) is 10.9. The minimum atomic E-state index is -0.653. The van der Waals surface area contributed by atoms with Gasteiger partial charge in [0.25, 0.3) is 0 Å². The summed E-state index contributed by atoms with van der Waals surface area (Å²) in [7, 11) is 0. The van der Waals surface area contributed by atoms with Gasteiger partial charge in [-0.05, 0) is 31.9 Å². The molecule has 0 aliphatic carbocycles. The zero-order valence-corrected chi connectivity index (χ0v) is 12.6. The van der Waals surface area contributed by atoms with Gasteiger partial charge in [-0.1, -0.05) is 30.3 Å². The monoisotopic (exact) mass is 285 g/mol. The number of imidazole rings is 1. The maximum Gasteiger partial charge on any atom is 0.0952 e. The van der Waals surface area contributed by atoms with Crippen molar-refractivity contribution >= 4 is 0 Å². The fraction of sp³-hybridized carbons (Fsp3) is 0.471. The Labute approximate surface area is 126 Å². The summed E-state index contributed by atoms with van der Waals surface area (Å²) in [4.78, 5) is 6.59. The van der Waals surface area contributed by atoms with Crippen molar-refractivity contribution in [1.82, 2.24) is 14.5 Å². The van der Waals surface area contributed by atoms with Gasteiger partial charge in [0.05, 0.1) is 24.2 Å². The molecule has 4 nitrogen and oxygen atoms in total. The number of hydrogen-bond donors (Lipinski definition) is 1. The topological polar surface area (TPSA) is 41.3 Å². The first-order valence-corrected chi connectivity index (χ1v) is 7.60. The Morgan fingerprint density at radius 1 is 1.29 bits per heavy atom. The van der Waals surface area contributed by atoms with Crippen LogP contribution in [0.1, 0.15) is 24.1 Å². The Hall–Kier alpha value is -1.65. The normalized spacial score (nSPS) is 23.3. The number of nitrogens with zero attached hydrogens (tertiary/aromatic N) is 3. The van der Waals surface area contributed by atoms with Gasteiger partial charge in [-0.2, -0.15) is 0 Å². The second kappa shape index (κ2) is 6.00. The maximum absolute atomic E-state index is 10.9. The second-order valence-corrected chi connectivity index (χ2v) is 6.21. The van der Waals surface area contributed by atoms with Gasteiger partial charge in [0, 0.05) is 19.3 Å². The number of aryl methyl sites for hydroxylation is 1. The average molecular weight is 285 g/mol. The van der Waals surface area contributed by atoms with Crippen LogP contribution in [0.3, 0.4) is 0 Å². The third-order valence-electron chi connectivity index (χ3n) is 4.12. The fourth-order valence-corrected chi connectivity index (χ4v) is 3.21. The van der Waals surface area contributed by atoms with Crippen molar-refractivity contribution in [3.05, 3.63) is 54.1 Å². The zero-order chi connectivity index (χ0) is 14.7. The van der Waals surface area contributed by atoms with E-state index in [0.717, 1.165) is 38.2 Å². The van der Waals surface area contributed by atoms with Crippen LogP contribution in [0.2, 0.25) is 0 Å². The van der Waals surface area contributed by atoms with Crippen LogP contribution >= 0.6 is 0 Å². The van der Waals surface area contributed by atoms with E-state index in [4.69, 9.17) is 0 Å². The number of rotatable bonds is 4. The lowest BCUT2D eigenvalue weighted by Gasteiger charge is -2.39. The lowest BCUT2D eigenvalue weighted by Crippen LogP contribution is -2.50. The average Bonchev–Trinajstić information content (AvgIpc) is 2.84. The number of β-amino-alcohol motifs (C(OH)–C–C–N with tert-alkyl or cyclic N) is 1. The van der Waals surface area contributed by atoms with Crippen molar-refractivity contribution in [1.29, 1.82) is 0 Å². The molecule has 0 spiro atoms. The van der Waals surface area contributed by atoms with Crippen molar-refractivity contribution in [2.24, 2.45) is 0 Å². The molecule has 0 bridgehead atoms. The van der Waals surface area contributed by atoms with Crippen molar-refractivity contribution < 1.29 is 5.11 Å². The molecule has 1 N–H and O–H groups in total. The highest BCUT2D eigenvalue weighted by molar-refractivity contribution is 5.14. The summed E-state index contributed by atoms with van der Waals surface area (Å²) >= 11 is 0. The number of benzene rings is 1. The first-order valence-electron chi connectivity index (χ1n) is 7.60. The van der Waals surface area contributed by atoms with Crippen LogP contribution < -0.4 is 0 Å². The fourth-order valence-electron chi connectivity index (χ4n) is 3.21. The third-order valence-corrected chi connectivity index (χ3v) is 4.12. The van der Waals surface area contributed by atoms with E-state index in [1.54, 1.807) is 0 Å². The van der Waals surface area contributed by atoms with Crippen LogP contribution in [-0.2, 0) is 13.1 Å². The van der Waals surface area contributed by atoms with Crippen molar-refractivity contribution in [3.63, 3.8) is 0 Å². The molecule has 4 heteroatoms. The number of aliphatic hydroxyl groups is 1. The summed E-state index contributed by atoms with van der Waals surface area (Å²) in [5.74, 6) is 0. The highest BCUT2D eigenvalue weighted by atomic mass is 16.3. The third kappa shape index (κ3) is 3.71. The molecule has 2 aromatic rings.